The fraction of sp³-hybridized carbons (Fsp3) is 0.438. The summed E-state index contributed by atoms with van der Waals surface area (Å²) in [7, 11) is 0. The van der Waals surface area contributed by atoms with Gasteiger partial charge < -0.3 is 25.1 Å². The van der Waals surface area contributed by atoms with Crippen LogP contribution >= 0.6 is 0 Å². The predicted octanol–water partition coefficient (Wildman–Crippen LogP) is -0.294. The van der Waals surface area contributed by atoms with Crippen molar-refractivity contribution in [2.45, 2.75) is 38.7 Å². The molecule has 0 aliphatic carbocycles. The summed E-state index contributed by atoms with van der Waals surface area (Å²) in [6.07, 6.45) is 0.992. The molecule has 2 rings (SSSR count). The minimum absolute atomic E-state index is 0.0769. The van der Waals surface area contributed by atoms with Gasteiger partial charge in [0.15, 0.2) is 6.23 Å². The van der Waals surface area contributed by atoms with Gasteiger partial charge in [0.05, 0.1) is 6.10 Å². The first-order valence-electron chi connectivity index (χ1n) is 7.93. The van der Waals surface area contributed by atoms with Crippen LogP contribution in [0.25, 0.3) is 6.08 Å². The van der Waals surface area contributed by atoms with E-state index in [2.05, 4.69) is 4.98 Å². The molecule has 1 fully saturated rings. The third-order valence-electron chi connectivity index (χ3n) is 3.63. The number of aromatic nitrogens is 2. The van der Waals surface area contributed by atoms with Gasteiger partial charge in [-0.25, -0.2) is 9.59 Å². The molecule has 0 saturated carbocycles. The summed E-state index contributed by atoms with van der Waals surface area (Å²) in [5, 5.41) is 8.74. The van der Waals surface area contributed by atoms with Crippen LogP contribution < -0.4 is 11.4 Å². The number of nitrogen functional groups attached to an aromatic ring is 1. The van der Waals surface area contributed by atoms with Crippen molar-refractivity contribution in [2.75, 3.05) is 12.3 Å². The number of carboxylic acid groups (broad SMARTS) is 1. The third-order valence-corrected chi connectivity index (χ3v) is 3.63. The third kappa shape index (κ3) is 5.38. The highest BCUT2D eigenvalue weighted by Crippen LogP contribution is 2.31. The van der Waals surface area contributed by atoms with E-state index in [1.807, 2.05) is 0 Å². The van der Waals surface area contributed by atoms with E-state index in [0.29, 0.717) is 0 Å². The van der Waals surface area contributed by atoms with Gasteiger partial charge in [-0.2, -0.15) is 4.98 Å². The number of aliphatic carboxylic acids is 1. The maximum absolute atomic E-state index is 12.2. The van der Waals surface area contributed by atoms with Crippen LogP contribution in [0.2, 0.25) is 0 Å². The van der Waals surface area contributed by atoms with Crippen molar-refractivity contribution in [1.29, 1.82) is 0 Å². The zero-order valence-corrected chi connectivity index (χ0v) is 14.7. The van der Waals surface area contributed by atoms with Crippen molar-refractivity contribution < 1.29 is 33.7 Å². The monoisotopic (exact) mass is 381 g/mol. The van der Waals surface area contributed by atoms with Crippen molar-refractivity contribution >= 4 is 29.8 Å². The fourth-order valence-corrected chi connectivity index (χ4v) is 2.57. The highest BCUT2D eigenvalue weighted by Gasteiger charge is 2.40. The average molecular weight is 381 g/mol. The van der Waals surface area contributed by atoms with Gasteiger partial charge in [0.1, 0.15) is 18.5 Å². The summed E-state index contributed by atoms with van der Waals surface area (Å²) in [5.41, 5.74) is 5.05. The number of rotatable bonds is 6. The van der Waals surface area contributed by atoms with Crippen LogP contribution in [0, 0.1) is 0 Å². The van der Waals surface area contributed by atoms with Crippen molar-refractivity contribution in [2.24, 2.45) is 0 Å². The number of anilines is 1. The van der Waals surface area contributed by atoms with Gasteiger partial charge in [-0.3, -0.25) is 14.2 Å². The van der Waals surface area contributed by atoms with E-state index >= 15 is 0 Å². The average Bonchev–Trinajstić information content (AvgIpc) is 2.94. The first-order valence-corrected chi connectivity index (χ1v) is 7.93. The van der Waals surface area contributed by atoms with Gasteiger partial charge in [0.25, 0.3) is 0 Å². The molecule has 146 valence electrons. The normalized spacial score (nSPS) is 21.9. The molecule has 3 atom stereocenters. The standard InChI is InChI=1S/C16H19N3O8/c1-8(20)25-7-11-5-12(26-9(2)21)15(27-11)19-6-10(3-4-13(22)23)14(17)18-16(19)24/h3-4,6,11-12,15H,5,7H2,1-2H3,(H,22,23)(H2,17,18,24)/t11-,12+,15+/m0/s1. The molecule has 3 N–H and O–H groups in total. The van der Waals surface area contributed by atoms with Crippen LogP contribution in [0.3, 0.4) is 0 Å². The van der Waals surface area contributed by atoms with Crippen LogP contribution in [-0.2, 0) is 28.6 Å². The number of nitrogens with two attached hydrogens (primary N) is 1. The lowest BCUT2D eigenvalue weighted by Gasteiger charge is -2.21. The quantitative estimate of drug-likeness (QED) is 0.495. The lowest BCUT2D eigenvalue weighted by atomic mass is 10.2. The van der Waals surface area contributed by atoms with E-state index in [0.717, 1.165) is 10.6 Å². The van der Waals surface area contributed by atoms with Crippen molar-refractivity contribution in [3.05, 3.63) is 28.3 Å². The Kier molecular flexibility index (Phi) is 6.29. The van der Waals surface area contributed by atoms with Gasteiger partial charge in [-0.15, -0.1) is 0 Å². The van der Waals surface area contributed by atoms with Crippen molar-refractivity contribution in [3.63, 3.8) is 0 Å². The summed E-state index contributed by atoms with van der Waals surface area (Å²) in [5.74, 6) is -2.45. The summed E-state index contributed by atoms with van der Waals surface area (Å²) < 4.78 is 16.9. The van der Waals surface area contributed by atoms with Gasteiger partial charge in [0.2, 0.25) is 0 Å². The molecule has 1 aromatic heterocycles. The molecule has 0 amide bonds. The molecule has 1 aliphatic heterocycles. The van der Waals surface area contributed by atoms with E-state index in [4.69, 9.17) is 25.1 Å². The van der Waals surface area contributed by atoms with Crippen LogP contribution in [0.5, 0.6) is 0 Å². The van der Waals surface area contributed by atoms with Crippen LogP contribution in [0.4, 0.5) is 5.82 Å². The molecule has 0 radical (unpaired) electrons. The molecule has 11 nitrogen and oxygen atoms in total. The minimum Gasteiger partial charge on any atom is -0.478 e. The van der Waals surface area contributed by atoms with E-state index in [9.17, 15) is 19.2 Å². The Bertz CT molecular complexity index is 831. The first-order chi connectivity index (χ1) is 12.7. The van der Waals surface area contributed by atoms with Gasteiger partial charge >= 0.3 is 23.6 Å². The smallest absolute Gasteiger partial charge is 0.351 e. The van der Waals surface area contributed by atoms with Crippen molar-refractivity contribution in [3.8, 4) is 0 Å². The molecule has 0 aromatic carbocycles. The Balaban J connectivity index is 2.35. The zero-order chi connectivity index (χ0) is 20.1. The molecule has 11 heteroatoms. The Morgan fingerprint density at radius 1 is 1.41 bits per heavy atom. The van der Waals surface area contributed by atoms with Gasteiger partial charge in [-0.05, 0) is 6.08 Å². The molecular weight excluding hydrogens is 362 g/mol. The van der Waals surface area contributed by atoms with Crippen LogP contribution in [0.1, 0.15) is 32.1 Å². The SMILES string of the molecule is CC(=O)OC[C@@H]1C[C@@H](OC(C)=O)[C@H](n2cc(C=CC(=O)O)c(N)nc2=O)O1. The molecule has 1 aromatic rings. The molecule has 0 bridgehead atoms. The summed E-state index contributed by atoms with van der Waals surface area (Å²) in [6.45, 7) is 2.37. The second kappa shape index (κ2) is 8.45. The lowest BCUT2D eigenvalue weighted by molar-refractivity contribution is -0.153. The Morgan fingerprint density at radius 2 is 2.11 bits per heavy atom. The Morgan fingerprint density at radius 3 is 2.70 bits per heavy atom. The Hall–Kier alpha value is -3.21. The number of carbonyl (C=O) groups excluding carboxylic acids is 2. The second-order valence-electron chi connectivity index (χ2n) is 5.78. The van der Waals surface area contributed by atoms with Crippen LogP contribution in [-0.4, -0.2) is 51.4 Å². The molecule has 0 unspecified atom stereocenters. The first kappa shape index (κ1) is 20.1. The maximum atomic E-state index is 12.2. The van der Waals surface area contributed by atoms with Gasteiger partial charge in [-0.1, -0.05) is 0 Å². The lowest BCUT2D eigenvalue weighted by Crippen LogP contribution is -2.34. The summed E-state index contributed by atoms with van der Waals surface area (Å²) >= 11 is 0. The zero-order valence-electron chi connectivity index (χ0n) is 14.7. The predicted molar refractivity (Wildman–Crippen MR) is 90.3 cm³/mol. The highest BCUT2D eigenvalue weighted by molar-refractivity contribution is 5.86. The largest absolute Gasteiger partial charge is 0.478 e. The number of esters is 2. The maximum Gasteiger partial charge on any atom is 0.351 e. The molecule has 1 aliphatic rings. The topological polar surface area (TPSA) is 160 Å². The summed E-state index contributed by atoms with van der Waals surface area (Å²) in [4.78, 5) is 48.9. The van der Waals surface area contributed by atoms with E-state index < -0.39 is 42.0 Å². The number of nitrogens with zero attached hydrogens (tertiary/aromatic N) is 2. The number of ether oxygens (including phenoxy) is 3. The minimum atomic E-state index is -1.21. The summed E-state index contributed by atoms with van der Waals surface area (Å²) in [6, 6.07) is 0. The molecule has 1 saturated heterocycles. The molecular formula is C16H19N3O8. The number of carbonyl (C=O) groups is 3. The number of hydrogen-bond acceptors (Lipinski definition) is 9. The van der Waals surface area contributed by atoms with Gasteiger partial charge in [0, 0.05) is 38.1 Å². The van der Waals surface area contributed by atoms with E-state index in [-0.39, 0.29) is 24.4 Å². The molecule has 0 spiro atoms. The highest BCUT2D eigenvalue weighted by atomic mass is 16.6. The Labute approximate surface area is 153 Å². The molecule has 2 heterocycles. The fourth-order valence-electron chi connectivity index (χ4n) is 2.57. The number of hydrogen-bond donors (Lipinski definition) is 2. The van der Waals surface area contributed by atoms with Crippen LogP contribution in [0.15, 0.2) is 17.1 Å². The number of carboxylic acids is 1. The van der Waals surface area contributed by atoms with Crippen molar-refractivity contribution in [1.82, 2.24) is 9.55 Å². The van der Waals surface area contributed by atoms with E-state index in [1.165, 1.54) is 26.1 Å². The second-order valence-corrected chi connectivity index (χ2v) is 5.78. The molecule has 27 heavy (non-hydrogen) atoms. The van der Waals surface area contributed by atoms with E-state index in [1.54, 1.807) is 0 Å².